The Balaban J connectivity index is 1.95. The van der Waals surface area contributed by atoms with Crippen LogP contribution in [0, 0.1) is 11.7 Å². The molecule has 19 heavy (non-hydrogen) atoms. The van der Waals surface area contributed by atoms with Gasteiger partial charge in [-0.2, -0.15) is 0 Å². The van der Waals surface area contributed by atoms with Crippen LogP contribution in [0.3, 0.4) is 0 Å². The molecule has 2 atom stereocenters. The third kappa shape index (κ3) is 3.67. The van der Waals surface area contributed by atoms with Gasteiger partial charge in [0.15, 0.2) is 0 Å². The summed E-state index contributed by atoms with van der Waals surface area (Å²) in [5.41, 5.74) is 0.130. The van der Waals surface area contributed by atoms with Gasteiger partial charge in [0, 0.05) is 23.0 Å². The Hall–Kier alpha value is -1.14. The van der Waals surface area contributed by atoms with E-state index < -0.39 is 11.8 Å². The van der Waals surface area contributed by atoms with Crippen molar-refractivity contribution in [1.29, 1.82) is 0 Å². The Morgan fingerprint density at radius 1 is 1.47 bits per heavy atom. The molecule has 0 aliphatic heterocycles. The minimum absolute atomic E-state index is 0.0415. The van der Waals surface area contributed by atoms with E-state index in [1.165, 1.54) is 12.1 Å². The smallest absolute Gasteiger partial charge is 0.319 e. The number of hydrogen-bond donors (Lipinski definition) is 3. The van der Waals surface area contributed by atoms with Crippen molar-refractivity contribution in [3.8, 4) is 0 Å². The standard InChI is InChI=1S/C13H16BrFN2O2/c14-9-4-5-10(15)12(6-9)17-13(19)16-11-3-1-2-8(11)7-18/h4-6,8,11,18H,1-3,7H2,(H2,16,17,19). The molecule has 0 aromatic heterocycles. The van der Waals surface area contributed by atoms with Crippen molar-refractivity contribution in [2.24, 2.45) is 5.92 Å². The highest BCUT2D eigenvalue weighted by Crippen LogP contribution is 2.25. The van der Waals surface area contributed by atoms with Crippen molar-refractivity contribution in [2.45, 2.75) is 25.3 Å². The normalized spacial score (nSPS) is 22.3. The Morgan fingerprint density at radius 3 is 3.00 bits per heavy atom. The average Bonchev–Trinajstić information content (AvgIpc) is 2.81. The molecular formula is C13H16BrFN2O2. The van der Waals surface area contributed by atoms with E-state index >= 15 is 0 Å². The number of aliphatic hydroxyl groups excluding tert-OH is 1. The summed E-state index contributed by atoms with van der Waals surface area (Å²) < 4.78 is 14.2. The Bertz CT molecular complexity index is 470. The average molecular weight is 331 g/mol. The minimum Gasteiger partial charge on any atom is -0.396 e. The number of carbonyl (C=O) groups excluding carboxylic acids is 1. The van der Waals surface area contributed by atoms with Gasteiger partial charge in [-0.25, -0.2) is 9.18 Å². The molecule has 4 nitrogen and oxygen atoms in total. The zero-order valence-electron chi connectivity index (χ0n) is 10.3. The van der Waals surface area contributed by atoms with Crippen molar-refractivity contribution >= 4 is 27.6 Å². The second kappa shape index (κ2) is 6.34. The maximum Gasteiger partial charge on any atom is 0.319 e. The zero-order chi connectivity index (χ0) is 13.8. The number of aliphatic hydroxyl groups is 1. The highest BCUT2D eigenvalue weighted by atomic mass is 79.9. The molecule has 104 valence electrons. The quantitative estimate of drug-likeness (QED) is 0.798. The van der Waals surface area contributed by atoms with E-state index in [-0.39, 0.29) is 24.3 Å². The molecule has 0 spiro atoms. The van der Waals surface area contributed by atoms with Gasteiger partial charge in [-0.05, 0) is 31.0 Å². The van der Waals surface area contributed by atoms with E-state index in [9.17, 15) is 14.3 Å². The fourth-order valence-electron chi connectivity index (χ4n) is 2.37. The molecule has 0 radical (unpaired) electrons. The maximum absolute atomic E-state index is 13.5. The molecule has 1 aliphatic rings. The molecule has 2 amide bonds. The van der Waals surface area contributed by atoms with Crippen molar-refractivity contribution < 1.29 is 14.3 Å². The number of rotatable bonds is 3. The Kier molecular flexibility index (Phi) is 4.76. The summed E-state index contributed by atoms with van der Waals surface area (Å²) in [6.07, 6.45) is 2.74. The van der Waals surface area contributed by atoms with E-state index in [2.05, 4.69) is 26.6 Å². The van der Waals surface area contributed by atoms with Gasteiger partial charge < -0.3 is 15.7 Å². The first-order valence-corrected chi connectivity index (χ1v) is 7.03. The molecule has 0 saturated heterocycles. The second-order valence-electron chi connectivity index (χ2n) is 4.70. The fourth-order valence-corrected chi connectivity index (χ4v) is 2.73. The molecule has 1 aliphatic carbocycles. The number of halogens is 2. The highest BCUT2D eigenvalue weighted by Gasteiger charge is 2.27. The summed E-state index contributed by atoms with van der Waals surface area (Å²) >= 11 is 3.22. The highest BCUT2D eigenvalue weighted by molar-refractivity contribution is 9.10. The zero-order valence-corrected chi connectivity index (χ0v) is 11.9. The number of hydrogen-bond acceptors (Lipinski definition) is 2. The van der Waals surface area contributed by atoms with Gasteiger partial charge in [-0.15, -0.1) is 0 Å². The summed E-state index contributed by atoms with van der Waals surface area (Å²) in [6.45, 7) is 0.0657. The predicted octanol–water partition coefficient (Wildman–Crippen LogP) is 2.87. The monoisotopic (exact) mass is 330 g/mol. The van der Waals surface area contributed by atoms with Crippen molar-refractivity contribution in [2.75, 3.05) is 11.9 Å². The summed E-state index contributed by atoms with van der Waals surface area (Å²) in [7, 11) is 0. The van der Waals surface area contributed by atoms with Crippen LogP contribution >= 0.6 is 15.9 Å². The summed E-state index contributed by atoms with van der Waals surface area (Å²) in [5.74, 6) is -0.387. The summed E-state index contributed by atoms with van der Waals surface area (Å²) in [4.78, 5) is 11.8. The van der Waals surface area contributed by atoms with E-state index in [0.29, 0.717) is 4.47 Å². The van der Waals surface area contributed by atoms with Gasteiger partial charge in [0.25, 0.3) is 0 Å². The number of carbonyl (C=O) groups is 1. The predicted molar refractivity (Wildman–Crippen MR) is 74.5 cm³/mol. The summed E-state index contributed by atoms with van der Waals surface area (Å²) in [6, 6.07) is 3.87. The lowest BCUT2D eigenvalue weighted by molar-refractivity contribution is 0.203. The molecule has 1 saturated carbocycles. The molecule has 2 unspecified atom stereocenters. The third-order valence-electron chi connectivity index (χ3n) is 3.39. The van der Waals surface area contributed by atoms with E-state index in [1.54, 1.807) is 6.07 Å². The van der Waals surface area contributed by atoms with Crippen molar-refractivity contribution in [1.82, 2.24) is 5.32 Å². The lowest BCUT2D eigenvalue weighted by atomic mass is 10.1. The van der Waals surface area contributed by atoms with Crippen LogP contribution in [0.5, 0.6) is 0 Å². The Morgan fingerprint density at radius 2 is 2.26 bits per heavy atom. The van der Waals surface area contributed by atoms with Gasteiger partial charge in [0.1, 0.15) is 5.82 Å². The Labute approximate surface area is 119 Å². The van der Waals surface area contributed by atoms with Crippen LogP contribution in [0.15, 0.2) is 22.7 Å². The molecule has 6 heteroatoms. The first kappa shape index (κ1) is 14.3. The fraction of sp³-hybridized carbons (Fsp3) is 0.462. The molecule has 0 heterocycles. The lowest BCUT2D eigenvalue weighted by Gasteiger charge is -2.19. The molecule has 1 aromatic carbocycles. The van der Waals surface area contributed by atoms with Crippen LogP contribution in [-0.4, -0.2) is 23.8 Å². The molecule has 1 aromatic rings. The maximum atomic E-state index is 13.5. The molecular weight excluding hydrogens is 315 g/mol. The number of nitrogens with one attached hydrogen (secondary N) is 2. The van der Waals surface area contributed by atoms with Gasteiger partial charge in [-0.3, -0.25) is 0 Å². The van der Waals surface area contributed by atoms with Crippen molar-refractivity contribution in [3.05, 3.63) is 28.5 Å². The molecule has 3 N–H and O–H groups in total. The minimum atomic E-state index is -0.483. The van der Waals surface area contributed by atoms with Crippen LogP contribution < -0.4 is 10.6 Å². The number of benzene rings is 1. The first-order chi connectivity index (χ1) is 9.10. The summed E-state index contributed by atoms with van der Waals surface area (Å²) in [5, 5.41) is 14.5. The van der Waals surface area contributed by atoms with Crippen LogP contribution in [0.25, 0.3) is 0 Å². The van der Waals surface area contributed by atoms with E-state index in [1.807, 2.05) is 0 Å². The van der Waals surface area contributed by atoms with Gasteiger partial charge in [0.05, 0.1) is 5.69 Å². The van der Waals surface area contributed by atoms with Gasteiger partial charge >= 0.3 is 6.03 Å². The number of urea groups is 1. The van der Waals surface area contributed by atoms with Crippen LogP contribution in [-0.2, 0) is 0 Å². The van der Waals surface area contributed by atoms with Gasteiger partial charge in [0.2, 0.25) is 0 Å². The van der Waals surface area contributed by atoms with Gasteiger partial charge in [-0.1, -0.05) is 22.4 Å². The number of anilines is 1. The van der Waals surface area contributed by atoms with Crippen LogP contribution in [0.2, 0.25) is 0 Å². The molecule has 0 bridgehead atoms. The SMILES string of the molecule is O=C(Nc1cc(Br)ccc1F)NC1CCCC1CO. The molecule has 2 rings (SSSR count). The molecule has 1 fully saturated rings. The largest absolute Gasteiger partial charge is 0.396 e. The topological polar surface area (TPSA) is 61.4 Å². The third-order valence-corrected chi connectivity index (χ3v) is 3.88. The van der Waals surface area contributed by atoms with Crippen molar-refractivity contribution in [3.63, 3.8) is 0 Å². The van der Waals surface area contributed by atoms with E-state index in [0.717, 1.165) is 19.3 Å². The first-order valence-electron chi connectivity index (χ1n) is 6.23. The van der Waals surface area contributed by atoms with E-state index in [4.69, 9.17) is 0 Å². The van der Waals surface area contributed by atoms with Crippen LogP contribution in [0.1, 0.15) is 19.3 Å². The number of amides is 2. The van der Waals surface area contributed by atoms with Crippen LogP contribution in [0.4, 0.5) is 14.9 Å². The lowest BCUT2D eigenvalue weighted by Crippen LogP contribution is -2.41. The second-order valence-corrected chi connectivity index (χ2v) is 5.62.